The van der Waals surface area contributed by atoms with E-state index in [1.807, 2.05) is 0 Å². The number of nitrogens with one attached hydrogen (secondary N) is 2. The number of para-hydroxylation sites is 1. The summed E-state index contributed by atoms with van der Waals surface area (Å²) in [7, 11) is 0. The first-order chi connectivity index (χ1) is 12.8. The molecule has 2 N–H and O–H groups in total. The van der Waals surface area contributed by atoms with Gasteiger partial charge in [0.15, 0.2) is 0 Å². The van der Waals surface area contributed by atoms with Crippen LogP contribution in [0.2, 0.25) is 0 Å². The number of rotatable bonds is 4. The van der Waals surface area contributed by atoms with Gasteiger partial charge in [-0.05, 0) is 48.5 Å². The van der Waals surface area contributed by atoms with Gasteiger partial charge in [0.05, 0.1) is 23.1 Å². The zero-order valence-corrected chi connectivity index (χ0v) is 13.7. The summed E-state index contributed by atoms with van der Waals surface area (Å²) in [5.74, 6) is -0.728. The van der Waals surface area contributed by atoms with E-state index >= 15 is 0 Å². The van der Waals surface area contributed by atoms with Gasteiger partial charge in [0.1, 0.15) is 11.6 Å². The monoisotopic (exact) mass is 375 g/mol. The highest BCUT2D eigenvalue weighted by atomic mass is 19.4. The molecule has 0 aliphatic rings. The molecule has 138 valence electrons. The maximum absolute atomic E-state index is 13.0. The summed E-state index contributed by atoms with van der Waals surface area (Å²) in [6.45, 7) is 0. The fraction of sp³-hybridized carbons (Fsp3) is 0.0526. The number of carbonyl (C=O) groups excluding carboxylic acids is 1. The number of anilines is 3. The van der Waals surface area contributed by atoms with Crippen LogP contribution < -0.4 is 10.6 Å². The molecular formula is C19H13F4N3O. The summed E-state index contributed by atoms with van der Waals surface area (Å²) < 4.78 is 51.9. The van der Waals surface area contributed by atoms with E-state index in [1.54, 1.807) is 0 Å². The number of hydrogen-bond acceptors (Lipinski definition) is 3. The molecule has 0 saturated carbocycles. The summed E-state index contributed by atoms with van der Waals surface area (Å²) in [5, 5.41) is 5.18. The summed E-state index contributed by atoms with van der Waals surface area (Å²) in [5.41, 5.74) is -0.322. The molecular weight excluding hydrogens is 362 g/mol. The predicted octanol–water partition coefficient (Wildman–Crippen LogP) is 5.24. The minimum absolute atomic E-state index is 0.124. The van der Waals surface area contributed by atoms with Gasteiger partial charge in [0, 0.05) is 5.56 Å². The van der Waals surface area contributed by atoms with Crippen molar-refractivity contribution in [1.29, 1.82) is 0 Å². The molecule has 1 amide bonds. The highest BCUT2D eigenvalue weighted by Crippen LogP contribution is 2.35. The number of nitrogens with zero attached hydrogens (tertiary/aromatic N) is 1. The van der Waals surface area contributed by atoms with Crippen molar-refractivity contribution < 1.29 is 22.4 Å². The summed E-state index contributed by atoms with van der Waals surface area (Å²) in [6.07, 6.45) is -3.19. The third-order valence-corrected chi connectivity index (χ3v) is 3.62. The van der Waals surface area contributed by atoms with Crippen LogP contribution in [0.5, 0.6) is 0 Å². The molecule has 0 saturated heterocycles. The molecule has 0 fully saturated rings. The molecule has 3 rings (SSSR count). The Morgan fingerprint density at radius 3 is 2.26 bits per heavy atom. The number of hydrogen-bond donors (Lipinski definition) is 2. The molecule has 0 radical (unpaired) electrons. The predicted molar refractivity (Wildman–Crippen MR) is 93.3 cm³/mol. The number of amides is 1. The Bertz CT molecular complexity index is 938. The molecule has 2 aromatic carbocycles. The molecule has 0 aliphatic carbocycles. The molecule has 8 heteroatoms. The smallest absolute Gasteiger partial charge is 0.340 e. The number of pyridine rings is 1. The first-order valence-corrected chi connectivity index (χ1v) is 7.79. The van der Waals surface area contributed by atoms with Gasteiger partial charge in [0.2, 0.25) is 0 Å². The lowest BCUT2D eigenvalue weighted by Crippen LogP contribution is -2.12. The molecule has 3 aromatic rings. The Morgan fingerprint density at radius 2 is 1.63 bits per heavy atom. The average molecular weight is 375 g/mol. The van der Waals surface area contributed by atoms with Crippen LogP contribution in [0.4, 0.5) is 34.8 Å². The average Bonchev–Trinajstić information content (AvgIpc) is 2.63. The number of carbonyl (C=O) groups is 1. The molecule has 0 atom stereocenters. The van der Waals surface area contributed by atoms with Crippen LogP contribution in [0.25, 0.3) is 0 Å². The minimum Gasteiger partial charge on any atom is -0.340 e. The van der Waals surface area contributed by atoms with E-state index in [0.717, 1.165) is 18.2 Å². The third-order valence-electron chi connectivity index (χ3n) is 3.62. The lowest BCUT2D eigenvalue weighted by atomic mass is 10.1. The zero-order valence-electron chi connectivity index (χ0n) is 13.7. The SMILES string of the molecule is O=C(Nc1ccc(Nc2ccccc2C(F)(F)F)nc1)c1ccc(F)cc1. The number of aromatic nitrogens is 1. The van der Waals surface area contributed by atoms with Crippen molar-refractivity contribution >= 4 is 23.1 Å². The maximum Gasteiger partial charge on any atom is 0.418 e. The fourth-order valence-corrected chi connectivity index (χ4v) is 2.32. The molecule has 4 nitrogen and oxygen atoms in total. The Labute approximate surface area is 151 Å². The second-order valence-electron chi connectivity index (χ2n) is 5.56. The van der Waals surface area contributed by atoms with Gasteiger partial charge in [-0.15, -0.1) is 0 Å². The molecule has 1 aromatic heterocycles. The van der Waals surface area contributed by atoms with E-state index in [9.17, 15) is 22.4 Å². The number of alkyl halides is 3. The van der Waals surface area contributed by atoms with Gasteiger partial charge >= 0.3 is 6.18 Å². The van der Waals surface area contributed by atoms with Crippen molar-refractivity contribution in [1.82, 2.24) is 4.98 Å². The standard InChI is InChI=1S/C19H13F4N3O/c20-13-7-5-12(6-8-13)18(27)25-14-9-10-17(24-11-14)26-16-4-2-1-3-15(16)19(21,22)23/h1-11H,(H,24,26)(H,25,27). The van der Waals surface area contributed by atoms with Gasteiger partial charge < -0.3 is 10.6 Å². The van der Waals surface area contributed by atoms with Crippen LogP contribution in [-0.4, -0.2) is 10.9 Å². The van der Waals surface area contributed by atoms with Crippen LogP contribution in [0.3, 0.4) is 0 Å². The Kier molecular flexibility index (Phi) is 5.07. The van der Waals surface area contributed by atoms with Gasteiger partial charge in [0.25, 0.3) is 5.91 Å². The summed E-state index contributed by atoms with van der Waals surface area (Å²) in [4.78, 5) is 16.1. The van der Waals surface area contributed by atoms with Gasteiger partial charge in [-0.25, -0.2) is 9.37 Å². The van der Waals surface area contributed by atoms with E-state index in [-0.39, 0.29) is 17.1 Å². The number of halogens is 4. The molecule has 0 bridgehead atoms. The van der Waals surface area contributed by atoms with Crippen molar-refractivity contribution in [2.75, 3.05) is 10.6 Å². The molecule has 0 aliphatic heterocycles. The highest BCUT2D eigenvalue weighted by Gasteiger charge is 2.33. The van der Waals surface area contributed by atoms with E-state index in [4.69, 9.17) is 0 Å². The van der Waals surface area contributed by atoms with Gasteiger partial charge in [-0.3, -0.25) is 4.79 Å². The minimum atomic E-state index is -4.49. The van der Waals surface area contributed by atoms with E-state index < -0.39 is 23.5 Å². The fourth-order valence-electron chi connectivity index (χ4n) is 2.32. The molecule has 1 heterocycles. The third kappa shape index (κ3) is 4.60. The van der Waals surface area contributed by atoms with Crippen molar-refractivity contribution in [2.24, 2.45) is 0 Å². The summed E-state index contributed by atoms with van der Waals surface area (Å²) >= 11 is 0. The first-order valence-electron chi connectivity index (χ1n) is 7.79. The quantitative estimate of drug-likeness (QED) is 0.614. The van der Waals surface area contributed by atoms with E-state index in [2.05, 4.69) is 15.6 Å². The van der Waals surface area contributed by atoms with Crippen LogP contribution in [-0.2, 0) is 6.18 Å². The first kappa shape index (κ1) is 18.4. The van der Waals surface area contributed by atoms with Crippen molar-refractivity contribution in [3.8, 4) is 0 Å². The van der Waals surface area contributed by atoms with E-state index in [1.165, 1.54) is 48.7 Å². The van der Waals surface area contributed by atoms with Crippen molar-refractivity contribution in [2.45, 2.75) is 6.18 Å². The van der Waals surface area contributed by atoms with Crippen molar-refractivity contribution in [3.05, 3.63) is 83.8 Å². The normalized spacial score (nSPS) is 11.1. The number of benzene rings is 2. The highest BCUT2D eigenvalue weighted by molar-refractivity contribution is 6.04. The van der Waals surface area contributed by atoms with Gasteiger partial charge in [-0.2, -0.15) is 13.2 Å². The lowest BCUT2D eigenvalue weighted by molar-refractivity contribution is -0.136. The summed E-state index contributed by atoms with van der Waals surface area (Å²) in [6, 6.07) is 13.0. The molecule has 0 spiro atoms. The maximum atomic E-state index is 13.0. The van der Waals surface area contributed by atoms with Crippen LogP contribution >= 0.6 is 0 Å². The van der Waals surface area contributed by atoms with Crippen molar-refractivity contribution in [3.63, 3.8) is 0 Å². The largest absolute Gasteiger partial charge is 0.418 e. The lowest BCUT2D eigenvalue weighted by Gasteiger charge is -2.14. The Morgan fingerprint density at radius 1 is 0.926 bits per heavy atom. The Hall–Kier alpha value is -3.42. The zero-order chi connectivity index (χ0) is 19.4. The molecule has 0 unspecified atom stereocenters. The topological polar surface area (TPSA) is 54.0 Å². The van der Waals surface area contributed by atoms with Crippen LogP contribution in [0.1, 0.15) is 15.9 Å². The van der Waals surface area contributed by atoms with Crippen LogP contribution in [0, 0.1) is 5.82 Å². The second kappa shape index (κ2) is 7.45. The Balaban J connectivity index is 1.71. The molecule has 27 heavy (non-hydrogen) atoms. The van der Waals surface area contributed by atoms with E-state index in [0.29, 0.717) is 5.69 Å². The second-order valence-corrected chi connectivity index (χ2v) is 5.56. The van der Waals surface area contributed by atoms with Gasteiger partial charge in [-0.1, -0.05) is 12.1 Å². The van der Waals surface area contributed by atoms with Crippen LogP contribution in [0.15, 0.2) is 66.9 Å².